The molecule has 0 radical (unpaired) electrons. The van der Waals surface area contributed by atoms with E-state index in [9.17, 15) is 13.2 Å². The Hall–Kier alpha value is -1.14. The van der Waals surface area contributed by atoms with Crippen molar-refractivity contribution in [2.45, 2.75) is 12.2 Å². The first-order chi connectivity index (χ1) is 7.81. The van der Waals surface area contributed by atoms with Gasteiger partial charge in [0.15, 0.2) is 11.5 Å². The summed E-state index contributed by atoms with van der Waals surface area (Å²) in [6.07, 6.45) is -4.57. The summed E-state index contributed by atoms with van der Waals surface area (Å²) in [5, 5.41) is -0.118. The van der Waals surface area contributed by atoms with Gasteiger partial charge in [-0.15, -0.1) is 0 Å². The second-order valence-electron chi connectivity index (χ2n) is 3.25. The molecule has 0 bridgehead atoms. The van der Waals surface area contributed by atoms with Crippen molar-refractivity contribution < 1.29 is 22.6 Å². The van der Waals surface area contributed by atoms with E-state index in [0.717, 1.165) is 6.07 Å². The number of ether oxygens (including phenoxy) is 2. The maximum absolute atomic E-state index is 12.5. The number of benzene rings is 1. The van der Waals surface area contributed by atoms with Crippen LogP contribution in [0.3, 0.4) is 0 Å². The lowest BCUT2D eigenvalue weighted by atomic mass is 10.1. The minimum Gasteiger partial charge on any atom is -0.493 e. The first kappa shape index (κ1) is 13.9. The number of methoxy groups -OCH3 is 2. The highest BCUT2D eigenvalue weighted by Gasteiger charge is 2.39. The van der Waals surface area contributed by atoms with Gasteiger partial charge in [0.2, 0.25) is 0 Å². The zero-order valence-corrected chi connectivity index (χ0v) is 9.89. The largest absolute Gasteiger partial charge is 0.493 e. The molecule has 7 heteroatoms. The van der Waals surface area contributed by atoms with Crippen LogP contribution in [0.4, 0.5) is 13.2 Å². The maximum Gasteiger partial charge on any atom is 0.407 e. The number of hydrogen-bond donors (Lipinski definition) is 1. The van der Waals surface area contributed by atoms with Crippen LogP contribution in [0.25, 0.3) is 0 Å². The second kappa shape index (κ2) is 5.01. The van der Waals surface area contributed by atoms with Crippen LogP contribution in [0.2, 0.25) is 5.02 Å². The third-order valence-corrected chi connectivity index (χ3v) is 2.52. The SMILES string of the molecule is COc1cc(Cl)c(C(N)C(F)(F)F)cc1OC. The molecule has 0 amide bonds. The van der Waals surface area contributed by atoms with Gasteiger partial charge in [0, 0.05) is 16.7 Å². The molecule has 0 aliphatic rings. The van der Waals surface area contributed by atoms with Gasteiger partial charge in [-0.2, -0.15) is 13.2 Å². The highest BCUT2D eigenvalue weighted by Crippen LogP contribution is 2.40. The van der Waals surface area contributed by atoms with Crippen LogP contribution in [0, 0.1) is 0 Å². The summed E-state index contributed by atoms with van der Waals surface area (Å²) in [6, 6.07) is 0.204. The quantitative estimate of drug-likeness (QED) is 0.918. The van der Waals surface area contributed by atoms with Crippen LogP contribution in [-0.4, -0.2) is 20.4 Å². The monoisotopic (exact) mass is 269 g/mol. The molecule has 0 heterocycles. The van der Waals surface area contributed by atoms with Crippen molar-refractivity contribution in [3.8, 4) is 11.5 Å². The number of rotatable bonds is 3. The molecule has 3 nitrogen and oxygen atoms in total. The molecule has 1 aromatic rings. The summed E-state index contributed by atoms with van der Waals surface area (Å²) in [6.45, 7) is 0. The van der Waals surface area contributed by atoms with Crippen molar-refractivity contribution >= 4 is 11.6 Å². The van der Waals surface area contributed by atoms with Crippen molar-refractivity contribution in [1.82, 2.24) is 0 Å². The van der Waals surface area contributed by atoms with Crippen LogP contribution in [0.5, 0.6) is 11.5 Å². The third-order valence-electron chi connectivity index (χ3n) is 2.19. The lowest BCUT2D eigenvalue weighted by Crippen LogP contribution is -2.28. The van der Waals surface area contributed by atoms with E-state index in [2.05, 4.69) is 0 Å². The summed E-state index contributed by atoms with van der Waals surface area (Å²) in [5.41, 5.74) is 4.83. The van der Waals surface area contributed by atoms with Crippen molar-refractivity contribution in [1.29, 1.82) is 0 Å². The highest BCUT2D eigenvalue weighted by molar-refractivity contribution is 6.31. The molecule has 0 aromatic heterocycles. The summed E-state index contributed by atoms with van der Waals surface area (Å²) in [4.78, 5) is 0. The standard InChI is InChI=1S/C10H11ClF3NO2/c1-16-7-3-5(9(15)10(12,13)14)6(11)4-8(7)17-2/h3-4,9H,15H2,1-2H3. The van der Waals surface area contributed by atoms with E-state index < -0.39 is 12.2 Å². The molecule has 2 N–H and O–H groups in total. The van der Waals surface area contributed by atoms with E-state index in [1.54, 1.807) is 0 Å². The molecule has 1 aromatic carbocycles. The normalized spacial score (nSPS) is 13.4. The van der Waals surface area contributed by atoms with E-state index in [1.165, 1.54) is 20.3 Å². The first-order valence-electron chi connectivity index (χ1n) is 4.55. The Morgan fingerprint density at radius 2 is 1.65 bits per heavy atom. The van der Waals surface area contributed by atoms with Gasteiger partial charge in [-0.05, 0) is 6.07 Å². The molecular formula is C10H11ClF3NO2. The molecule has 0 aliphatic heterocycles. The van der Waals surface area contributed by atoms with Crippen molar-refractivity contribution in [3.05, 3.63) is 22.7 Å². The van der Waals surface area contributed by atoms with Gasteiger partial charge < -0.3 is 15.2 Å². The number of hydrogen-bond acceptors (Lipinski definition) is 3. The lowest BCUT2D eigenvalue weighted by Gasteiger charge is -2.19. The van der Waals surface area contributed by atoms with Gasteiger partial charge >= 0.3 is 6.18 Å². The second-order valence-corrected chi connectivity index (χ2v) is 3.66. The smallest absolute Gasteiger partial charge is 0.407 e. The van der Waals surface area contributed by atoms with Crippen LogP contribution in [0.1, 0.15) is 11.6 Å². The predicted octanol–water partition coefficient (Wildman–Crippen LogP) is 2.92. The minimum atomic E-state index is -4.57. The highest BCUT2D eigenvalue weighted by atomic mass is 35.5. The Morgan fingerprint density at radius 1 is 1.18 bits per heavy atom. The van der Waals surface area contributed by atoms with Gasteiger partial charge in [0.05, 0.1) is 14.2 Å². The Bertz CT molecular complexity index is 409. The molecule has 0 fully saturated rings. The maximum atomic E-state index is 12.5. The van der Waals surface area contributed by atoms with Crippen LogP contribution >= 0.6 is 11.6 Å². The van der Waals surface area contributed by atoms with E-state index in [-0.39, 0.29) is 22.1 Å². The van der Waals surface area contributed by atoms with E-state index in [0.29, 0.717) is 0 Å². The number of halogens is 4. The molecule has 0 spiro atoms. The van der Waals surface area contributed by atoms with E-state index >= 15 is 0 Å². The number of nitrogens with two attached hydrogens (primary N) is 1. The van der Waals surface area contributed by atoms with Gasteiger partial charge in [-0.25, -0.2) is 0 Å². The fourth-order valence-corrected chi connectivity index (χ4v) is 1.56. The zero-order chi connectivity index (χ0) is 13.2. The Kier molecular flexibility index (Phi) is 4.11. The molecule has 1 unspecified atom stereocenters. The predicted molar refractivity (Wildman–Crippen MR) is 57.5 cm³/mol. The molecular weight excluding hydrogens is 259 g/mol. The molecule has 1 rings (SSSR count). The molecule has 0 saturated carbocycles. The van der Waals surface area contributed by atoms with Crippen molar-refractivity contribution in [2.75, 3.05) is 14.2 Å². The topological polar surface area (TPSA) is 44.5 Å². The fourth-order valence-electron chi connectivity index (χ4n) is 1.28. The van der Waals surface area contributed by atoms with Crippen LogP contribution in [-0.2, 0) is 0 Å². The summed E-state index contributed by atoms with van der Waals surface area (Å²) < 4.78 is 47.2. The third kappa shape index (κ3) is 2.95. The summed E-state index contributed by atoms with van der Waals surface area (Å²) in [5.74, 6) is 0.391. The zero-order valence-electron chi connectivity index (χ0n) is 9.14. The van der Waals surface area contributed by atoms with E-state index in [4.69, 9.17) is 26.8 Å². The Morgan fingerprint density at radius 3 is 2.06 bits per heavy atom. The van der Waals surface area contributed by atoms with Crippen molar-refractivity contribution in [2.24, 2.45) is 5.73 Å². The molecule has 0 aliphatic carbocycles. The van der Waals surface area contributed by atoms with Gasteiger partial charge in [0.1, 0.15) is 6.04 Å². The Balaban J connectivity index is 3.26. The molecule has 17 heavy (non-hydrogen) atoms. The average Bonchev–Trinajstić information content (AvgIpc) is 2.26. The Labute approximate surface area is 101 Å². The lowest BCUT2D eigenvalue weighted by molar-refractivity contribution is -0.149. The van der Waals surface area contributed by atoms with E-state index in [1.807, 2.05) is 0 Å². The van der Waals surface area contributed by atoms with Crippen molar-refractivity contribution in [3.63, 3.8) is 0 Å². The minimum absolute atomic E-state index is 0.118. The molecule has 0 saturated heterocycles. The number of alkyl halides is 3. The average molecular weight is 270 g/mol. The first-order valence-corrected chi connectivity index (χ1v) is 4.92. The molecule has 1 atom stereocenters. The molecule has 96 valence electrons. The summed E-state index contributed by atoms with van der Waals surface area (Å²) in [7, 11) is 2.67. The van der Waals surface area contributed by atoms with Gasteiger partial charge in [-0.1, -0.05) is 11.6 Å². The van der Waals surface area contributed by atoms with Crippen LogP contribution in [0.15, 0.2) is 12.1 Å². The fraction of sp³-hybridized carbons (Fsp3) is 0.400. The van der Waals surface area contributed by atoms with Gasteiger partial charge in [-0.3, -0.25) is 0 Å². The van der Waals surface area contributed by atoms with Gasteiger partial charge in [0.25, 0.3) is 0 Å². The summed E-state index contributed by atoms with van der Waals surface area (Å²) >= 11 is 5.72. The van der Waals surface area contributed by atoms with Crippen LogP contribution < -0.4 is 15.2 Å².